The summed E-state index contributed by atoms with van der Waals surface area (Å²) in [5, 5.41) is 3.35. The summed E-state index contributed by atoms with van der Waals surface area (Å²) in [5.74, 6) is 0. The normalized spacial score (nSPS) is 15.2. The molecule has 1 aliphatic rings. The fourth-order valence-electron chi connectivity index (χ4n) is 2.82. The van der Waals surface area contributed by atoms with Crippen molar-refractivity contribution in [1.29, 1.82) is 0 Å². The summed E-state index contributed by atoms with van der Waals surface area (Å²) in [6.45, 7) is 4.21. The van der Waals surface area contributed by atoms with Crippen LogP contribution >= 0.6 is 15.9 Å². The maximum Gasteiger partial charge on any atom is 0.0436 e. The van der Waals surface area contributed by atoms with Crippen LogP contribution in [0.25, 0.3) is 0 Å². The fraction of sp³-hybridized carbons (Fsp3) is 0.294. The zero-order valence-electron chi connectivity index (χ0n) is 11.9. The number of halogens is 1. The molecule has 1 atom stereocenters. The van der Waals surface area contributed by atoms with Gasteiger partial charge in [0.1, 0.15) is 0 Å². The van der Waals surface area contributed by atoms with Gasteiger partial charge in [0, 0.05) is 29.3 Å². The molecule has 0 aliphatic carbocycles. The molecule has 0 radical (unpaired) electrons. The Kier molecular flexibility index (Phi) is 3.81. The lowest BCUT2D eigenvalue weighted by atomic mass is 10.1. The Hall–Kier alpha value is -1.32. The number of rotatable bonds is 3. The van der Waals surface area contributed by atoms with Gasteiger partial charge in [-0.2, -0.15) is 0 Å². The first kappa shape index (κ1) is 13.7. The zero-order valence-corrected chi connectivity index (χ0v) is 13.4. The van der Waals surface area contributed by atoms with E-state index in [0.29, 0.717) is 6.04 Å². The number of hydrogen-bond acceptors (Lipinski definition) is 2. The van der Waals surface area contributed by atoms with E-state index in [0.717, 1.165) is 17.6 Å². The van der Waals surface area contributed by atoms with Gasteiger partial charge < -0.3 is 10.2 Å². The maximum atomic E-state index is 3.58. The molecule has 0 saturated heterocycles. The van der Waals surface area contributed by atoms with Gasteiger partial charge in [0.05, 0.1) is 0 Å². The second-order valence-electron chi connectivity index (χ2n) is 5.34. The molecule has 1 aliphatic heterocycles. The average Bonchev–Trinajstić information content (AvgIpc) is 2.90. The molecule has 3 heteroatoms. The van der Waals surface area contributed by atoms with Gasteiger partial charge in [-0.1, -0.05) is 40.2 Å². The minimum absolute atomic E-state index is 0.339. The molecule has 20 heavy (non-hydrogen) atoms. The molecule has 0 aromatic heterocycles. The lowest BCUT2D eigenvalue weighted by molar-refractivity contribution is 0.648. The fourth-order valence-corrected chi connectivity index (χ4v) is 3.20. The van der Waals surface area contributed by atoms with Crippen LogP contribution in [-0.2, 0) is 13.1 Å². The van der Waals surface area contributed by atoms with Gasteiger partial charge in [0.25, 0.3) is 0 Å². The van der Waals surface area contributed by atoms with Crippen LogP contribution < -0.4 is 10.2 Å². The summed E-state index contributed by atoms with van der Waals surface area (Å²) in [4.78, 5) is 2.46. The van der Waals surface area contributed by atoms with Crippen LogP contribution in [0.1, 0.15) is 29.7 Å². The van der Waals surface area contributed by atoms with E-state index in [-0.39, 0.29) is 0 Å². The van der Waals surface area contributed by atoms with E-state index in [9.17, 15) is 0 Å². The van der Waals surface area contributed by atoms with Crippen molar-refractivity contribution in [2.75, 3.05) is 11.9 Å². The van der Waals surface area contributed by atoms with Crippen LogP contribution in [-0.4, -0.2) is 7.05 Å². The Morgan fingerprint density at radius 1 is 1.10 bits per heavy atom. The Bertz CT molecular complexity index is 599. The van der Waals surface area contributed by atoms with Crippen molar-refractivity contribution in [3.63, 3.8) is 0 Å². The second kappa shape index (κ2) is 5.58. The maximum absolute atomic E-state index is 3.58. The van der Waals surface area contributed by atoms with Crippen molar-refractivity contribution in [2.24, 2.45) is 0 Å². The van der Waals surface area contributed by atoms with Crippen molar-refractivity contribution in [1.82, 2.24) is 5.32 Å². The Balaban J connectivity index is 1.96. The molecule has 0 fully saturated rings. The van der Waals surface area contributed by atoms with Gasteiger partial charge in [-0.25, -0.2) is 0 Å². The third-order valence-electron chi connectivity index (χ3n) is 4.07. The molecule has 0 spiro atoms. The van der Waals surface area contributed by atoms with Crippen molar-refractivity contribution < 1.29 is 0 Å². The zero-order chi connectivity index (χ0) is 14.1. The summed E-state index contributed by atoms with van der Waals surface area (Å²) in [5.41, 5.74) is 5.55. The highest BCUT2D eigenvalue weighted by Gasteiger charge is 2.22. The summed E-state index contributed by atoms with van der Waals surface area (Å²) >= 11 is 3.58. The van der Waals surface area contributed by atoms with E-state index < -0.39 is 0 Å². The van der Waals surface area contributed by atoms with Crippen molar-refractivity contribution in [3.05, 3.63) is 63.6 Å². The standard InChI is InChI=1S/C17H19BrN2/c1-12(19-2)16-9-15(18)7-8-17(16)20-10-13-5-3-4-6-14(13)11-20/h3-9,12,19H,10-11H2,1-2H3. The molecule has 0 bridgehead atoms. The number of nitrogens with zero attached hydrogens (tertiary/aromatic N) is 1. The number of fused-ring (bicyclic) bond motifs is 1. The molecule has 1 N–H and O–H groups in total. The number of nitrogens with one attached hydrogen (secondary N) is 1. The molecule has 1 heterocycles. The minimum Gasteiger partial charge on any atom is -0.363 e. The molecule has 104 valence electrons. The van der Waals surface area contributed by atoms with Crippen LogP contribution in [0.4, 0.5) is 5.69 Å². The van der Waals surface area contributed by atoms with Crippen LogP contribution in [0, 0.1) is 0 Å². The average molecular weight is 331 g/mol. The van der Waals surface area contributed by atoms with Gasteiger partial charge in [-0.15, -0.1) is 0 Å². The van der Waals surface area contributed by atoms with E-state index in [1.807, 2.05) is 7.05 Å². The van der Waals surface area contributed by atoms with E-state index >= 15 is 0 Å². The summed E-state index contributed by atoms with van der Waals surface area (Å²) < 4.78 is 1.13. The lowest BCUT2D eigenvalue weighted by Crippen LogP contribution is -2.20. The molecule has 2 aromatic carbocycles. The number of hydrogen-bond donors (Lipinski definition) is 1. The SMILES string of the molecule is CNC(C)c1cc(Br)ccc1N1Cc2ccccc2C1. The first-order chi connectivity index (χ1) is 9.69. The predicted molar refractivity (Wildman–Crippen MR) is 87.9 cm³/mol. The molecule has 3 rings (SSSR count). The van der Waals surface area contributed by atoms with Crippen molar-refractivity contribution in [2.45, 2.75) is 26.1 Å². The Morgan fingerprint density at radius 2 is 1.75 bits per heavy atom. The molecular formula is C17H19BrN2. The third kappa shape index (κ3) is 2.48. The van der Waals surface area contributed by atoms with Crippen molar-refractivity contribution in [3.8, 4) is 0 Å². The Labute approximate surface area is 128 Å². The Morgan fingerprint density at radius 3 is 2.35 bits per heavy atom. The van der Waals surface area contributed by atoms with Gasteiger partial charge in [0.2, 0.25) is 0 Å². The predicted octanol–water partition coefficient (Wildman–Crippen LogP) is 4.25. The molecule has 2 nitrogen and oxygen atoms in total. The highest BCUT2D eigenvalue weighted by Crippen LogP contribution is 2.34. The van der Waals surface area contributed by atoms with E-state index in [4.69, 9.17) is 0 Å². The lowest BCUT2D eigenvalue weighted by Gasteiger charge is -2.24. The quantitative estimate of drug-likeness (QED) is 0.904. The van der Waals surface area contributed by atoms with E-state index in [1.54, 1.807) is 0 Å². The molecule has 2 aromatic rings. The minimum atomic E-state index is 0.339. The molecule has 0 saturated carbocycles. The largest absolute Gasteiger partial charge is 0.363 e. The first-order valence-electron chi connectivity index (χ1n) is 6.97. The monoisotopic (exact) mass is 330 g/mol. The third-order valence-corrected chi connectivity index (χ3v) is 4.56. The molecular weight excluding hydrogens is 312 g/mol. The van der Waals surface area contributed by atoms with Gasteiger partial charge >= 0.3 is 0 Å². The van der Waals surface area contributed by atoms with Gasteiger partial charge in [-0.3, -0.25) is 0 Å². The highest BCUT2D eigenvalue weighted by atomic mass is 79.9. The van der Waals surface area contributed by atoms with Crippen LogP contribution in [0.3, 0.4) is 0 Å². The summed E-state index contributed by atoms with van der Waals surface area (Å²) in [6.07, 6.45) is 0. The van der Waals surface area contributed by atoms with E-state index in [2.05, 4.69) is 75.5 Å². The number of benzene rings is 2. The van der Waals surface area contributed by atoms with Crippen molar-refractivity contribution >= 4 is 21.6 Å². The first-order valence-corrected chi connectivity index (χ1v) is 7.77. The summed E-state index contributed by atoms with van der Waals surface area (Å²) in [6, 6.07) is 15.6. The summed E-state index contributed by atoms with van der Waals surface area (Å²) in [7, 11) is 2.01. The smallest absolute Gasteiger partial charge is 0.0436 e. The second-order valence-corrected chi connectivity index (χ2v) is 6.25. The molecule has 1 unspecified atom stereocenters. The van der Waals surface area contributed by atoms with Gasteiger partial charge in [-0.05, 0) is 48.9 Å². The highest BCUT2D eigenvalue weighted by molar-refractivity contribution is 9.10. The van der Waals surface area contributed by atoms with Gasteiger partial charge in [0.15, 0.2) is 0 Å². The number of anilines is 1. The van der Waals surface area contributed by atoms with E-state index in [1.165, 1.54) is 22.4 Å². The molecule has 0 amide bonds. The van der Waals surface area contributed by atoms with Crippen LogP contribution in [0.5, 0.6) is 0 Å². The topological polar surface area (TPSA) is 15.3 Å². The van der Waals surface area contributed by atoms with Crippen LogP contribution in [0.2, 0.25) is 0 Å². The van der Waals surface area contributed by atoms with Crippen LogP contribution in [0.15, 0.2) is 46.9 Å².